The van der Waals surface area contributed by atoms with Crippen molar-refractivity contribution in [3.8, 4) is 0 Å². The van der Waals surface area contributed by atoms with Gasteiger partial charge in [0.05, 0.1) is 0 Å². The predicted octanol–water partition coefficient (Wildman–Crippen LogP) is 2.14. The van der Waals surface area contributed by atoms with Crippen LogP contribution in [0.2, 0.25) is 0 Å². The number of aliphatic imine (C=N–C) groups is 1. The molecule has 5 nitrogen and oxygen atoms in total. The van der Waals surface area contributed by atoms with Crippen molar-refractivity contribution >= 4 is 5.96 Å². The van der Waals surface area contributed by atoms with Crippen molar-refractivity contribution in [2.24, 2.45) is 4.99 Å². The lowest BCUT2D eigenvalue weighted by molar-refractivity contribution is -0.173. The maximum absolute atomic E-state index is 11.9. The Hall–Kier alpha value is -1.02. The summed E-state index contributed by atoms with van der Waals surface area (Å²) in [5.74, 6) is 0.712. The van der Waals surface area contributed by atoms with Crippen molar-refractivity contribution in [1.82, 2.24) is 15.5 Å². The van der Waals surface area contributed by atoms with Gasteiger partial charge in [0, 0.05) is 45.4 Å². The van der Waals surface area contributed by atoms with Crippen molar-refractivity contribution in [2.45, 2.75) is 56.8 Å². The van der Waals surface area contributed by atoms with Crippen LogP contribution < -0.4 is 10.6 Å². The van der Waals surface area contributed by atoms with E-state index in [4.69, 9.17) is 0 Å². The molecule has 0 bridgehead atoms. The molecule has 1 saturated heterocycles. The van der Waals surface area contributed by atoms with Crippen LogP contribution in [0, 0.1) is 0 Å². The molecule has 0 spiro atoms. The first-order chi connectivity index (χ1) is 11.5. The molecule has 1 heterocycles. The topological polar surface area (TPSA) is 48.9 Å². The van der Waals surface area contributed by atoms with E-state index in [9.17, 15) is 13.2 Å². The van der Waals surface area contributed by atoms with E-state index in [0.29, 0.717) is 25.0 Å². The number of rotatable bonds is 7. The highest BCUT2D eigenvalue weighted by molar-refractivity contribution is 5.79. The number of ether oxygens (including phenoxy) is 1. The lowest BCUT2D eigenvalue weighted by atomic mass is 10.2. The van der Waals surface area contributed by atoms with Gasteiger partial charge in [0.2, 0.25) is 0 Å². The summed E-state index contributed by atoms with van der Waals surface area (Å²) >= 11 is 0. The fraction of sp³-hybridized carbons (Fsp3) is 0.938. The van der Waals surface area contributed by atoms with Crippen LogP contribution in [0.25, 0.3) is 0 Å². The third-order valence-electron chi connectivity index (χ3n) is 4.65. The van der Waals surface area contributed by atoms with Gasteiger partial charge in [-0.2, -0.15) is 13.2 Å². The second kappa shape index (κ2) is 9.46. The molecular formula is C16H29F3N4O. The average Bonchev–Trinajstić information content (AvgIpc) is 3.19. The van der Waals surface area contributed by atoms with E-state index in [1.54, 1.807) is 7.05 Å². The monoisotopic (exact) mass is 350 g/mol. The number of guanidine groups is 1. The van der Waals surface area contributed by atoms with Crippen molar-refractivity contribution in [3.63, 3.8) is 0 Å². The van der Waals surface area contributed by atoms with E-state index in [1.807, 2.05) is 0 Å². The number of nitrogens with zero attached hydrogens (tertiary/aromatic N) is 2. The molecule has 0 radical (unpaired) electrons. The fourth-order valence-electron chi connectivity index (χ4n) is 3.46. The van der Waals surface area contributed by atoms with Gasteiger partial charge >= 0.3 is 6.18 Å². The number of alkyl halides is 3. The van der Waals surface area contributed by atoms with Gasteiger partial charge in [0.25, 0.3) is 0 Å². The molecule has 1 unspecified atom stereocenters. The summed E-state index contributed by atoms with van der Waals surface area (Å²) in [6.07, 6.45) is 2.69. The van der Waals surface area contributed by atoms with Gasteiger partial charge in [-0.05, 0) is 25.7 Å². The molecule has 2 rings (SSSR count). The Balaban J connectivity index is 1.57. The lowest BCUT2D eigenvalue weighted by Crippen LogP contribution is -2.45. The van der Waals surface area contributed by atoms with Gasteiger partial charge in [-0.1, -0.05) is 12.8 Å². The number of nitrogens with one attached hydrogen (secondary N) is 2. The van der Waals surface area contributed by atoms with Crippen LogP contribution in [0.1, 0.15) is 38.5 Å². The van der Waals surface area contributed by atoms with Crippen LogP contribution >= 0.6 is 0 Å². The summed E-state index contributed by atoms with van der Waals surface area (Å²) in [5, 5.41) is 6.55. The standard InChI is InChI=1S/C16H29F3N4O/c1-20-15(21-8-4-10-24-12-16(17,18)19)22-13-7-9-23(11-13)14-5-2-3-6-14/h13-14H,2-12H2,1H3,(H2,20,21,22). The quantitative estimate of drug-likeness (QED) is 0.420. The molecule has 2 aliphatic rings. The van der Waals surface area contributed by atoms with Crippen molar-refractivity contribution in [3.05, 3.63) is 0 Å². The number of hydrogen-bond donors (Lipinski definition) is 2. The van der Waals surface area contributed by atoms with Crippen LogP contribution in [0.5, 0.6) is 0 Å². The Kier molecular flexibility index (Phi) is 7.61. The molecule has 1 aliphatic heterocycles. The fourth-order valence-corrected chi connectivity index (χ4v) is 3.46. The zero-order chi connectivity index (χ0) is 17.4. The Labute approximate surface area is 142 Å². The van der Waals surface area contributed by atoms with Gasteiger partial charge in [-0.3, -0.25) is 9.89 Å². The molecule has 2 fully saturated rings. The molecule has 0 aromatic rings. The molecule has 1 aliphatic carbocycles. The minimum atomic E-state index is -4.25. The smallest absolute Gasteiger partial charge is 0.372 e. The summed E-state index contributed by atoms with van der Waals surface area (Å²) in [4.78, 5) is 6.76. The molecule has 0 amide bonds. The van der Waals surface area contributed by atoms with Gasteiger partial charge in [0.15, 0.2) is 5.96 Å². The summed E-state index contributed by atoms with van der Waals surface area (Å²) in [5.41, 5.74) is 0. The SMILES string of the molecule is CN=C(NCCCOCC(F)(F)F)NC1CCN(C2CCCC2)C1. The van der Waals surface area contributed by atoms with E-state index >= 15 is 0 Å². The maximum Gasteiger partial charge on any atom is 0.411 e. The first-order valence-corrected chi connectivity index (χ1v) is 8.83. The maximum atomic E-state index is 11.9. The van der Waals surface area contributed by atoms with Crippen molar-refractivity contribution in [1.29, 1.82) is 0 Å². The van der Waals surface area contributed by atoms with E-state index in [-0.39, 0.29) is 6.61 Å². The molecule has 1 saturated carbocycles. The Morgan fingerprint density at radius 1 is 1.25 bits per heavy atom. The van der Waals surface area contributed by atoms with Crippen LogP contribution in [0.4, 0.5) is 13.2 Å². The summed E-state index contributed by atoms with van der Waals surface area (Å²) in [7, 11) is 1.71. The second-order valence-electron chi connectivity index (χ2n) is 6.58. The highest BCUT2D eigenvalue weighted by atomic mass is 19.4. The number of hydrogen-bond acceptors (Lipinski definition) is 3. The molecule has 8 heteroatoms. The average molecular weight is 350 g/mol. The van der Waals surface area contributed by atoms with Gasteiger partial charge in [-0.15, -0.1) is 0 Å². The third-order valence-corrected chi connectivity index (χ3v) is 4.65. The molecule has 2 N–H and O–H groups in total. The third kappa shape index (κ3) is 6.84. The highest BCUT2D eigenvalue weighted by Crippen LogP contribution is 2.26. The minimum absolute atomic E-state index is 0.0857. The highest BCUT2D eigenvalue weighted by Gasteiger charge is 2.30. The van der Waals surface area contributed by atoms with E-state index in [0.717, 1.165) is 25.6 Å². The normalized spacial score (nSPS) is 23.8. The van der Waals surface area contributed by atoms with Gasteiger partial charge in [-0.25, -0.2) is 0 Å². The lowest BCUT2D eigenvalue weighted by Gasteiger charge is -2.24. The van der Waals surface area contributed by atoms with Crippen LogP contribution in [0.15, 0.2) is 4.99 Å². The zero-order valence-corrected chi connectivity index (χ0v) is 14.4. The Morgan fingerprint density at radius 2 is 2.00 bits per heavy atom. The Morgan fingerprint density at radius 3 is 2.67 bits per heavy atom. The van der Waals surface area contributed by atoms with Crippen LogP contribution in [0.3, 0.4) is 0 Å². The number of likely N-dealkylation sites (tertiary alicyclic amines) is 1. The van der Waals surface area contributed by atoms with Crippen molar-refractivity contribution < 1.29 is 17.9 Å². The predicted molar refractivity (Wildman–Crippen MR) is 88.2 cm³/mol. The molecule has 0 aromatic carbocycles. The number of halogens is 3. The summed E-state index contributed by atoms with van der Waals surface area (Å²) < 4.78 is 40.4. The van der Waals surface area contributed by atoms with E-state index < -0.39 is 12.8 Å². The molecule has 24 heavy (non-hydrogen) atoms. The van der Waals surface area contributed by atoms with Gasteiger partial charge < -0.3 is 15.4 Å². The molecule has 140 valence electrons. The summed E-state index contributed by atoms with van der Waals surface area (Å²) in [6.45, 7) is 1.61. The largest absolute Gasteiger partial charge is 0.411 e. The first-order valence-electron chi connectivity index (χ1n) is 8.83. The first kappa shape index (κ1) is 19.3. The van der Waals surface area contributed by atoms with Crippen LogP contribution in [-0.4, -0.2) is 69.0 Å². The molecular weight excluding hydrogens is 321 g/mol. The van der Waals surface area contributed by atoms with Crippen LogP contribution in [-0.2, 0) is 4.74 Å². The summed E-state index contributed by atoms with van der Waals surface area (Å²) in [6, 6.07) is 1.14. The van der Waals surface area contributed by atoms with E-state index in [2.05, 4.69) is 25.3 Å². The Bertz CT molecular complexity index is 397. The van der Waals surface area contributed by atoms with Gasteiger partial charge in [0.1, 0.15) is 6.61 Å². The minimum Gasteiger partial charge on any atom is -0.372 e. The molecule has 0 aromatic heterocycles. The van der Waals surface area contributed by atoms with Crippen molar-refractivity contribution in [2.75, 3.05) is 39.9 Å². The van der Waals surface area contributed by atoms with E-state index in [1.165, 1.54) is 25.7 Å². The second-order valence-corrected chi connectivity index (χ2v) is 6.58. The molecule has 1 atom stereocenters. The zero-order valence-electron chi connectivity index (χ0n) is 14.4.